The molecule has 0 saturated carbocycles. The minimum atomic E-state index is -2.01. The summed E-state index contributed by atoms with van der Waals surface area (Å²) in [5.41, 5.74) is 0.487. The van der Waals surface area contributed by atoms with Gasteiger partial charge < -0.3 is 18.6 Å². The van der Waals surface area contributed by atoms with E-state index in [1.54, 1.807) is 0 Å². The van der Waals surface area contributed by atoms with Crippen LogP contribution in [0.15, 0.2) is 11.1 Å². The Balaban J connectivity index is 2.51. The van der Waals surface area contributed by atoms with Crippen LogP contribution in [0.1, 0.15) is 13.3 Å². The number of ether oxygens (including phenoxy) is 3. The molecule has 1 fully saturated rings. The van der Waals surface area contributed by atoms with Gasteiger partial charge in [0.2, 0.25) is 5.79 Å². The molecule has 1 aliphatic heterocycles. The summed E-state index contributed by atoms with van der Waals surface area (Å²) in [5.74, 6) is -2.55. The van der Waals surface area contributed by atoms with Gasteiger partial charge in [-0.25, -0.2) is 9.59 Å². The Bertz CT molecular complexity index is 506. The van der Waals surface area contributed by atoms with Crippen LogP contribution in [0.25, 0.3) is 0 Å². The zero-order chi connectivity index (χ0) is 16.0. The highest BCUT2D eigenvalue weighted by Crippen LogP contribution is 2.57. The number of hydrogen-bond donors (Lipinski definition) is 0. The second kappa shape index (κ2) is 5.22. The molecule has 0 bridgehead atoms. The number of carbonyl (C=O) groups excluding carboxylic acids is 2. The van der Waals surface area contributed by atoms with E-state index in [2.05, 4.69) is 0 Å². The largest absolute Gasteiger partial charge is 0.466 e. The molecule has 118 valence electrons. The van der Waals surface area contributed by atoms with Gasteiger partial charge in [-0.05, 0) is 33.0 Å². The van der Waals surface area contributed by atoms with E-state index >= 15 is 0 Å². The smallest absolute Gasteiger partial charge is 0.339 e. The third-order valence-electron chi connectivity index (χ3n) is 3.62. The predicted molar refractivity (Wildman–Crippen MR) is 76.9 cm³/mol. The van der Waals surface area contributed by atoms with Crippen LogP contribution < -0.4 is 0 Å². The molecule has 1 heterocycles. The van der Waals surface area contributed by atoms with Crippen molar-refractivity contribution < 1.29 is 28.2 Å². The van der Waals surface area contributed by atoms with Crippen molar-refractivity contribution in [2.24, 2.45) is 5.92 Å². The molecule has 0 unspecified atom stereocenters. The summed E-state index contributed by atoms with van der Waals surface area (Å²) in [5, 5.41) is 0. The first kappa shape index (κ1) is 16.2. The lowest BCUT2D eigenvalue weighted by molar-refractivity contribution is -0.190. The van der Waals surface area contributed by atoms with Crippen molar-refractivity contribution in [2.75, 3.05) is 14.2 Å². The van der Waals surface area contributed by atoms with Crippen LogP contribution in [-0.4, -0.2) is 46.4 Å². The Hall–Kier alpha value is -1.18. The van der Waals surface area contributed by atoms with Crippen LogP contribution in [0.4, 0.5) is 0 Å². The number of carbonyl (C=O) groups is 2. The van der Waals surface area contributed by atoms with Gasteiger partial charge in [-0.3, -0.25) is 0 Å². The van der Waals surface area contributed by atoms with Crippen LogP contribution in [0.5, 0.6) is 0 Å². The van der Waals surface area contributed by atoms with E-state index in [0.29, 0.717) is 12.0 Å². The normalized spacial score (nSPS) is 31.5. The standard InChI is InChI=1S/C14H22O6Si/c1-8-7-9-10(12(15)17-2)11(13(16)18-3)14(9,19-8)20-21(4,5)6/h8-9H,7H2,1-6H3/t8-,9+,14-/m1/s1. The third-order valence-corrected chi connectivity index (χ3v) is 4.54. The zero-order valence-corrected chi connectivity index (χ0v) is 14.3. The molecule has 0 amide bonds. The molecule has 1 saturated heterocycles. The second-order valence-corrected chi connectivity index (χ2v) is 10.8. The minimum absolute atomic E-state index is 0.104. The van der Waals surface area contributed by atoms with E-state index in [-0.39, 0.29) is 17.6 Å². The van der Waals surface area contributed by atoms with Crippen molar-refractivity contribution in [3.05, 3.63) is 11.1 Å². The molecule has 0 N–H and O–H groups in total. The molecule has 0 aromatic heterocycles. The van der Waals surface area contributed by atoms with Crippen LogP contribution in [0.3, 0.4) is 0 Å². The maximum atomic E-state index is 12.1. The number of rotatable bonds is 4. The second-order valence-electron chi connectivity index (χ2n) is 6.37. The van der Waals surface area contributed by atoms with Gasteiger partial charge in [-0.1, -0.05) is 0 Å². The first-order chi connectivity index (χ1) is 9.66. The molecule has 21 heavy (non-hydrogen) atoms. The van der Waals surface area contributed by atoms with Crippen molar-refractivity contribution in [1.82, 2.24) is 0 Å². The Morgan fingerprint density at radius 2 is 1.76 bits per heavy atom. The van der Waals surface area contributed by atoms with Gasteiger partial charge in [0.15, 0.2) is 8.32 Å². The van der Waals surface area contributed by atoms with Gasteiger partial charge >= 0.3 is 11.9 Å². The van der Waals surface area contributed by atoms with Crippen LogP contribution >= 0.6 is 0 Å². The van der Waals surface area contributed by atoms with E-state index in [1.807, 2.05) is 26.6 Å². The van der Waals surface area contributed by atoms with Crippen LogP contribution in [-0.2, 0) is 28.2 Å². The summed E-state index contributed by atoms with van der Waals surface area (Å²) in [6, 6.07) is 0. The summed E-state index contributed by atoms with van der Waals surface area (Å²) in [6.07, 6.45) is 0.517. The maximum Gasteiger partial charge on any atom is 0.339 e. The lowest BCUT2D eigenvalue weighted by Crippen LogP contribution is -2.58. The molecule has 6 nitrogen and oxygen atoms in total. The zero-order valence-electron chi connectivity index (χ0n) is 13.3. The average molecular weight is 314 g/mol. The van der Waals surface area contributed by atoms with E-state index in [9.17, 15) is 9.59 Å². The molecule has 2 aliphatic rings. The fourth-order valence-electron chi connectivity index (χ4n) is 3.05. The minimum Gasteiger partial charge on any atom is -0.466 e. The highest BCUT2D eigenvalue weighted by atomic mass is 28.4. The van der Waals surface area contributed by atoms with Crippen molar-refractivity contribution >= 4 is 20.3 Å². The van der Waals surface area contributed by atoms with Gasteiger partial charge in [-0.15, -0.1) is 0 Å². The summed E-state index contributed by atoms with van der Waals surface area (Å²) < 4.78 is 21.7. The van der Waals surface area contributed by atoms with Gasteiger partial charge in [0.1, 0.15) is 5.57 Å². The van der Waals surface area contributed by atoms with Crippen molar-refractivity contribution in [3.63, 3.8) is 0 Å². The first-order valence-electron chi connectivity index (χ1n) is 6.95. The molecule has 7 heteroatoms. The predicted octanol–water partition coefficient (Wildman–Crippen LogP) is 1.62. The highest BCUT2D eigenvalue weighted by Gasteiger charge is 2.67. The summed E-state index contributed by atoms with van der Waals surface area (Å²) in [6.45, 7) is 7.93. The van der Waals surface area contributed by atoms with Gasteiger partial charge in [0.05, 0.1) is 31.8 Å². The van der Waals surface area contributed by atoms with Crippen molar-refractivity contribution in [3.8, 4) is 0 Å². The number of esters is 2. The SMILES string of the molecule is COC(=O)C1=C(C(=O)OC)[C@@]2(O[Si](C)(C)C)O[C@H](C)C[C@@H]12. The van der Waals surface area contributed by atoms with Gasteiger partial charge in [0, 0.05) is 0 Å². The van der Waals surface area contributed by atoms with Gasteiger partial charge in [-0.2, -0.15) is 0 Å². The number of hydrogen-bond acceptors (Lipinski definition) is 6. The quantitative estimate of drug-likeness (QED) is 0.580. The van der Waals surface area contributed by atoms with Crippen molar-refractivity contribution in [1.29, 1.82) is 0 Å². The molecule has 0 aromatic rings. The lowest BCUT2D eigenvalue weighted by atomic mass is 9.70. The summed E-state index contributed by atoms with van der Waals surface area (Å²) in [4.78, 5) is 24.1. The lowest BCUT2D eigenvalue weighted by Gasteiger charge is -2.47. The van der Waals surface area contributed by atoms with E-state index in [4.69, 9.17) is 18.6 Å². The third kappa shape index (κ3) is 2.54. The number of fused-ring (bicyclic) bond motifs is 1. The average Bonchev–Trinajstić information content (AvgIpc) is 2.62. The Morgan fingerprint density at radius 1 is 1.19 bits per heavy atom. The molecule has 0 radical (unpaired) electrons. The molecular formula is C14H22O6Si. The topological polar surface area (TPSA) is 71.1 Å². The summed E-state index contributed by atoms with van der Waals surface area (Å²) in [7, 11) is 0.562. The molecule has 1 aliphatic carbocycles. The van der Waals surface area contributed by atoms with E-state index in [1.165, 1.54) is 14.2 Å². The first-order valence-corrected chi connectivity index (χ1v) is 10.4. The Morgan fingerprint density at radius 3 is 2.24 bits per heavy atom. The van der Waals surface area contributed by atoms with E-state index < -0.39 is 26.0 Å². The fourth-order valence-corrected chi connectivity index (χ4v) is 4.25. The Kier molecular flexibility index (Phi) is 4.03. The molecule has 0 spiro atoms. The maximum absolute atomic E-state index is 12.1. The molecular weight excluding hydrogens is 292 g/mol. The number of methoxy groups -OCH3 is 2. The Labute approximate surface area is 125 Å². The van der Waals surface area contributed by atoms with Gasteiger partial charge in [0.25, 0.3) is 0 Å². The molecule has 0 aromatic carbocycles. The van der Waals surface area contributed by atoms with Crippen LogP contribution in [0.2, 0.25) is 19.6 Å². The molecule has 3 atom stereocenters. The monoisotopic (exact) mass is 314 g/mol. The highest BCUT2D eigenvalue weighted by molar-refractivity contribution is 6.69. The molecule has 2 rings (SSSR count). The fraction of sp³-hybridized carbons (Fsp3) is 0.714. The van der Waals surface area contributed by atoms with E-state index in [0.717, 1.165) is 0 Å². The van der Waals surface area contributed by atoms with Crippen LogP contribution in [0, 0.1) is 5.92 Å². The summed E-state index contributed by atoms with van der Waals surface area (Å²) >= 11 is 0. The van der Waals surface area contributed by atoms with Crippen molar-refractivity contribution in [2.45, 2.75) is 44.9 Å².